The number of nitrogens with zero attached hydrogens (tertiary/aromatic N) is 1. The third kappa shape index (κ3) is 2.70. The van der Waals surface area contributed by atoms with Crippen molar-refractivity contribution in [3.63, 3.8) is 0 Å². The average molecular weight is 211 g/mol. The highest BCUT2D eigenvalue weighted by Crippen LogP contribution is 2.38. The van der Waals surface area contributed by atoms with E-state index < -0.39 is 0 Å². The largest absolute Gasteiger partial charge is 0.381 e. The van der Waals surface area contributed by atoms with Gasteiger partial charge in [0.05, 0.1) is 12.2 Å². The summed E-state index contributed by atoms with van der Waals surface area (Å²) in [6.07, 6.45) is 3.24. The molecule has 0 saturated heterocycles. The molecule has 0 aromatic heterocycles. The molecule has 1 aliphatic rings. The van der Waals surface area contributed by atoms with Crippen molar-refractivity contribution in [2.75, 3.05) is 13.7 Å². The average Bonchev–Trinajstić information content (AvgIpc) is 2.68. The van der Waals surface area contributed by atoms with Gasteiger partial charge in [0, 0.05) is 19.6 Å². The summed E-state index contributed by atoms with van der Waals surface area (Å²) in [6.45, 7) is 4.71. The molecule has 86 valence electrons. The van der Waals surface area contributed by atoms with Crippen LogP contribution in [0.5, 0.6) is 0 Å². The number of rotatable bonds is 5. The van der Waals surface area contributed by atoms with Crippen molar-refractivity contribution in [2.45, 2.75) is 45.3 Å². The zero-order valence-corrected chi connectivity index (χ0v) is 9.90. The molecule has 0 heterocycles. The molecule has 0 spiro atoms. The van der Waals surface area contributed by atoms with Crippen molar-refractivity contribution in [3.8, 4) is 6.07 Å². The molecule has 3 heteroatoms. The molecule has 1 aliphatic carbocycles. The van der Waals surface area contributed by atoms with Crippen LogP contribution in [0.3, 0.4) is 0 Å². The second-order valence-corrected chi connectivity index (χ2v) is 4.11. The van der Waals surface area contributed by atoms with E-state index >= 15 is 0 Å². The van der Waals surface area contributed by atoms with Gasteiger partial charge in [-0.25, -0.2) is 0 Å². The van der Waals surface area contributed by atoms with Gasteiger partial charge in [-0.2, -0.15) is 5.26 Å². The molecule has 4 unspecified atom stereocenters. The molecular weight excluding hydrogens is 190 g/mol. The number of nitriles is 1. The molecule has 0 amide bonds. The smallest absolute Gasteiger partial charge is 0.149 e. The highest BCUT2D eigenvalue weighted by molar-refractivity contribution is 4.98. The van der Waals surface area contributed by atoms with E-state index in [-0.39, 0.29) is 18.1 Å². The Labute approximate surface area is 92.4 Å². The van der Waals surface area contributed by atoms with Crippen LogP contribution >= 0.6 is 0 Å². The summed E-state index contributed by atoms with van der Waals surface area (Å²) < 4.78 is 11.0. The fourth-order valence-electron chi connectivity index (χ4n) is 2.65. The monoisotopic (exact) mass is 211 g/mol. The SMILES string of the molecule is CCOC(C#N)C1CCC(CC)C1OC. The minimum absolute atomic E-state index is 0.200. The zero-order chi connectivity index (χ0) is 11.3. The summed E-state index contributed by atoms with van der Waals surface area (Å²) in [5, 5.41) is 9.06. The summed E-state index contributed by atoms with van der Waals surface area (Å²) in [4.78, 5) is 0. The fourth-order valence-corrected chi connectivity index (χ4v) is 2.65. The van der Waals surface area contributed by atoms with Gasteiger partial charge >= 0.3 is 0 Å². The Morgan fingerprint density at radius 3 is 2.60 bits per heavy atom. The molecule has 0 radical (unpaired) electrons. The molecule has 1 saturated carbocycles. The second-order valence-electron chi connectivity index (χ2n) is 4.11. The summed E-state index contributed by atoms with van der Waals surface area (Å²) in [7, 11) is 1.74. The molecule has 1 rings (SSSR count). The van der Waals surface area contributed by atoms with Gasteiger partial charge < -0.3 is 9.47 Å². The highest BCUT2D eigenvalue weighted by atomic mass is 16.5. The van der Waals surface area contributed by atoms with Gasteiger partial charge in [0.15, 0.2) is 0 Å². The van der Waals surface area contributed by atoms with Crippen molar-refractivity contribution in [1.82, 2.24) is 0 Å². The molecule has 0 N–H and O–H groups in total. The first-order valence-electron chi connectivity index (χ1n) is 5.82. The van der Waals surface area contributed by atoms with E-state index in [1.54, 1.807) is 7.11 Å². The predicted molar refractivity (Wildman–Crippen MR) is 58.3 cm³/mol. The van der Waals surface area contributed by atoms with Crippen LogP contribution in [-0.4, -0.2) is 25.9 Å². The van der Waals surface area contributed by atoms with Gasteiger partial charge in [0.2, 0.25) is 0 Å². The van der Waals surface area contributed by atoms with Crippen LogP contribution in [0, 0.1) is 23.2 Å². The van der Waals surface area contributed by atoms with Crippen LogP contribution in [0.2, 0.25) is 0 Å². The lowest BCUT2D eigenvalue weighted by Crippen LogP contribution is -2.33. The number of methoxy groups -OCH3 is 1. The minimum atomic E-state index is -0.295. The summed E-state index contributed by atoms with van der Waals surface area (Å²) in [6, 6.07) is 2.25. The summed E-state index contributed by atoms with van der Waals surface area (Å²) >= 11 is 0. The van der Waals surface area contributed by atoms with Crippen molar-refractivity contribution < 1.29 is 9.47 Å². The van der Waals surface area contributed by atoms with Gasteiger partial charge in [-0.15, -0.1) is 0 Å². The maximum absolute atomic E-state index is 9.06. The fraction of sp³-hybridized carbons (Fsp3) is 0.917. The lowest BCUT2D eigenvalue weighted by Gasteiger charge is -2.25. The first-order valence-corrected chi connectivity index (χ1v) is 5.82. The molecule has 1 fully saturated rings. The third-order valence-corrected chi connectivity index (χ3v) is 3.42. The van der Waals surface area contributed by atoms with Crippen LogP contribution in [0.25, 0.3) is 0 Å². The molecule has 0 aromatic carbocycles. The number of hydrogen-bond donors (Lipinski definition) is 0. The Bertz CT molecular complexity index is 224. The minimum Gasteiger partial charge on any atom is -0.381 e. The molecule has 0 aromatic rings. The van der Waals surface area contributed by atoms with Crippen molar-refractivity contribution >= 4 is 0 Å². The molecule has 15 heavy (non-hydrogen) atoms. The molecule has 0 aliphatic heterocycles. The standard InChI is InChI=1S/C12H21NO2/c1-4-9-6-7-10(12(9)14-3)11(8-13)15-5-2/h9-12H,4-7H2,1-3H3. The third-order valence-electron chi connectivity index (χ3n) is 3.42. The second kappa shape index (κ2) is 6.09. The summed E-state index contributed by atoms with van der Waals surface area (Å²) in [5.74, 6) is 0.848. The van der Waals surface area contributed by atoms with Crippen molar-refractivity contribution in [2.24, 2.45) is 11.8 Å². The Balaban J connectivity index is 2.65. The van der Waals surface area contributed by atoms with E-state index in [0.717, 1.165) is 19.3 Å². The molecular formula is C12H21NO2. The number of hydrogen-bond acceptors (Lipinski definition) is 3. The van der Waals surface area contributed by atoms with Gasteiger partial charge in [0.25, 0.3) is 0 Å². The van der Waals surface area contributed by atoms with Gasteiger partial charge in [0.1, 0.15) is 6.10 Å². The van der Waals surface area contributed by atoms with Gasteiger partial charge in [-0.1, -0.05) is 13.3 Å². The van der Waals surface area contributed by atoms with Crippen LogP contribution < -0.4 is 0 Å². The van der Waals surface area contributed by atoms with Crippen LogP contribution in [-0.2, 0) is 9.47 Å². The molecule has 0 bridgehead atoms. The van der Waals surface area contributed by atoms with Crippen LogP contribution in [0.4, 0.5) is 0 Å². The first-order chi connectivity index (χ1) is 7.28. The normalized spacial score (nSPS) is 32.5. The quantitative estimate of drug-likeness (QED) is 0.701. The van der Waals surface area contributed by atoms with Crippen molar-refractivity contribution in [1.29, 1.82) is 5.26 Å². The Morgan fingerprint density at radius 2 is 2.13 bits per heavy atom. The lowest BCUT2D eigenvalue weighted by molar-refractivity contribution is -0.0244. The van der Waals surface area contributed by atoms with Gasteiger partial charge in [-0.05, 0) is 25.7 Å². The Hall–Kier alpha value is -0.590. The lowest BCUT2D eigenvalue weighted by atomic mass is 9.94. The summed E-state index contributed by atoms with van der Waals surface area (Å²) in [5.41, 5.74) is 0. The highest BCUT2D eigenvalue weighted by Gasteiger charge is 2.40. The topological polar surface area (TPSA) is 42.2 Å². The zero-order valence-electron chi connectivity index (χ0n) is 9.90. The van der Waals surface area contributed by atoms with Crippen LogP contribution in [0.1, 0.15) is 33.1 Å². The van der Waals surface area contributed by atoms with E-state index in [4.69, 9.17) is 14.7 Å². The number of ether oxygens (including phenoxy) is 2. The maximum atomic E-state index is 9.06. The van der Waals surface area contributed by atoms with E-state index in [1.807, 2.05) is 6.92 Å². The molecule has 4 atom stereocenters. The maximum Gasteiger partial charge on any atom is 0.149 e. The van der Waals surface area contributed by atoms with Crippen LogP contribution in [0.15, 0.2) is 0 Å². The molecule has 3 nitrogen and oxygen atoms in total. The Kier molecular flexibility index (Phi) is 5.07. The van der Waals surface area contributed by atoms with E-state index in [9.17, 15) is 0 Å². The Morgan fingerprint density at radius 1 is 1.40 bits per heavy atom. The van der Waals surface area contributed by atoms with Crippen molar-refractivity contribution in [3.05, 3.63) is 0 Å². The predicted octanol–water partition coefficient (Wildman–Crippen LogP) is 2.37. The van der Waals surface area contributed by atoms with Gasteiger partial charge in [-0.3, -0.25) is 0 Å². The van der Waals surface area contributed by atoms with E-state index in [2.05, 4.69) is 13.0 Å². The van der Waals surface area contributed by atoms with E-state index in [0.29, 0.717) is 12.5 Å². The van der Waals surface area contributed by atoms with E-state index in [1.165, 1.54) is 0 Å². The first kappa shape index (κ1) is 12.5.